The Morgan fingerprint density at radius 2 is 2.13 bits per heavy atom. The molecule has 0 spiro atoms. The van der Waals surface area contributed by atoms with E-state index in [1.54, 1.807) is 23.3 Å². The summed E-state index contributed by atoms with van der Waals surface area (Å²) in [5.41, 5.74) is -0.0470. The number of carbonyl (C=O) groups excluding carboxylic acids is 1. The fourth-order valence-corrected chi connectivity index (χ4v) is 3.25. The number of aryl methyl sites for hydroxylation is 3. The van der Waals surface area contributed by atoms with Crippen molar-refractivity contribution in [2.24, 2.45) is 0 Å². The van der Waals surface area contributed by atoms with Gasteiger partial charge in [-0.3, -0.25) is 14.6 Å². The van der Waals surface area contributed by atoms with Crippen LogP contribution in [0.2, 0.25) is 0 Å². The molecule has 0 saturated heterocycles. The molecule has 0 aliphatic rings. The number of thiazole rings is 1. The van der Waals surface area contributed by atoms with Gasteiger partial charge in [-0.05, 0) is 20.8 Å². The van der Waals surface area contributed by atoms with Crippen LogP contribution in [0, 0.1) is 13.8 Å². The highest BCUT2D eigenvalue weighted by Gasteiger charge is 2.21. The van der Waals surface area contributed by atoms with Crippen molar-refractivity contribution < 1.29 is 4.79 Å². The summed E-state index contributed by atoms with van der Waals surface area (Å²) in [6.45, 7) is 6.10. The minimum Gasteiger partial charge on any atom is -0.337 e. The summed E-state index contributed by atoms with van der Waals surface area (Å²) in [6.07, 6.45) is 1.57. The van der Waals surface area contributed by atoms with Crippen LogP contribution in [0.5, 0.6) is 0 Å². The maximum atomic E-state index is 12.3. The van der Waals surface area contributed by atoms with Gasteiger partial charge in [-0.1, -0.05) is 0 Å². The quantitative estimate of drug-likeness (QED) is 0.889. The molecule has 2 heterocycles. The highest BCUT2D eigenvalue weighted by Crippen LogP contribution is 2.26. The molecule has 0 bridgehead atoms. The van der Waals surface area contributed by atoms with Gasteiger partial charge in [0.05, 0.1) is 16.7 Å². The molecule has 0 saturated carbocycles. The first kappa shape index (κ1) is 17.1. The number of hydrogen-bond donors (Lipinski definition) is 1. The second kappa shape index (κ2) is 6.91. The SMILES string of the molecule is Cc1nc(C(C)N(C)C(=O)CCn2ccc(=O)[nH]c2=O)c(C)s1. The lowest BCUT2D eigenvalue weighted by Crippen LogP contribution is -2.33. The van der Waals surface area contributed by atoms with Gasteiger partial charge in [0.15, 0.2) is 0 Å². The Morgan fingerprint density at radius 1 is 1.43 bits per heavy atom. The molecule has 0 aliphatic carbocycles. The lowest BCUT2D eigenvalue weighted by molar-refractivity contribution is -0.132. The first-order chi connectivity index (χ1) is 10.8. The molecule has 124 valence electrons. The number of amides is 1. The Kier molecular flexibility index (Phi) is 5.15. The number of nitrogens with zero attached hydrogens (tertiary/aromatic N) is 3. The number of aromatic amines is 1. The number of nitrogens with one attached hydrogen (secondary N) is 1. The largest absolute Gasteiger partial charge is 0.337 e. The lowest BCUT2D eigenvalue weighted by Gasteiger charge is -2.24. The van der Waals surface area contributed by atoms with Crippen LogP contribution in [-0.2, 0) is 11.3 Å². The van der Waals surface area contributed by atoms with E-state index in [0.29, 0.717) is 0 Å². The summed E-state index contributed by atoms with van der Waals surface area (Å²) in [7, 11) is 1.73. The van der Waals surface area contributed by atoms with Crippen molar-refractivity contribution >= 4 is 17.2 Å². The van der Waals surface area contributed by atoms with Crippen LogP contribution in [0.15, 0.2) is 21.9 Å². The van der Waals surface area contributed by atoms with Crippen molar-refractivity contribution in [2.45, 2.75) is 39.8 Å². The normalized spacial score (nSPS) is 12.2. The first-order valence-corrected chi connectivity index (χ1v) is 8.10. The zero-order valence-electron chi connectivity index (χ0n) is 13.6. The molecule has 0 fully saturated rings. The molecule has 0 radical (unpaired) electrons. The third-order valence-electron chi connectivity index (χ3n) is 3.77. The van der Waals surface area contributed by atoms with E-state index in [9.17, 15) is 14.4 Å². The Labute approximate surface area is 137 Å². The van der Waals surface area contributed by atoms with E-state index >= 15 is 0 Å². The van der Waals surface area contributed by atoms with E-state index in [1.165, 1.54) is 16.8 Å². The van der Waals surface area contributed by atoms with E-state index in [4.69, 9.17) is 0 Å². The van der Waals surface area contributed by atoms with E-state index < -0.39 is 11.2 Å². The zero-order valence-corrected chi connectivity index (χ0v) is 14.4. The van der Waals surface area contributed by atoms with Crippen LogP contribution >= 0.6 is 11.3 Å². The average Bonchev–Trinajstić information content (AvgIpc) is 2.83. The van der Waals surface area contributed by atoms with Crippen LogP contribution in [0.4, 0.5) is 0 Å². The summed E-state index contributed by atoms with van der Waals surface area (Å²) < 4.78 is 1.32. The van der Waals surface area contributed by atoms with Crippen LogP contribution < -0.4 is 11.2 Å². The standard InChI is InChI=1S/C15H20N4O3S/c1-9(14-10(2)23-11(3)16-14)18(4)13(21)6-8-19-7-5-12(20)17-15(19)22/h5,7,9H,6,8H2,1-4H3,(H,17,20,22). The first-order valence-electron chi connectivity index (χ1n) is 7.29. The van der Waals surface area contributed by atoms with Gasteiger partial charge in [0, 0.05) is 37.2 Å². The molecular formula is C15H20N4O3S. The van der Waals surface area contributed by atoms with Crippen molar-refractivity contribution in [1.82, 2.24) is 19.4 Å². The Morgan fingerprint density at radius 3 is 2.70 bits per heavy atom. The van der Waals surface area contributed by atoms with Crippen LogP contribution in [0.25, 0.3) is 0 Å². The van der Waals surface area contributed by atoms with Gasteiger partial charge < -0.3 is 9.47 Å². The maximum absolute atomic E-state index is 12.3. The van der Waals surface area contributed by atoms with Gasteiger partial charge in [0.1, 0.15) is 0 Å². The van der Waals surface area contributed by atoms with Gasteiger partial charge >= 0.3 is 5.69 Å². The highest BCUT2D eigenvalue weighted by atomic mass is 32.1. The molecule has 7 nitrogen and oxygen atoms in total. The Hall–Kier alpha value is -2.22. The van der Waals surface area contributed by atoms with Crippen molar-refractivity contribution in [1.29, 1.82) is 0 Å². The second-order valence-electron chi connectivity index (χ2n) is 5.41. The van der Waals surface area contributed by atoms with Gasteiger partial charge in [0.2, 0.25) is 5.91 Å². The van der Waals surface area contributed by atoms with Gasteiger partial charge in [-0.25, -0.2) is 9.78 Å². The van der Waals surface area contributed by atoms with E-state index in [2.05, 4.69) is 9.97 Å². The minimum absolute atomic E-state index is 0.0827. The van der Waals surface area contributed by atoms with Crippen LogP contribution in [0.1, 0.15) is 35.0 Å². The highest BCUT2D eigenvalue weighted by molar-refractivity contribution is 7.11. The number of hydrogen-bond acceptors (Lipinski definition) is 5. The zero-order chi connectivity index (χ0) is 17.1. The molecular weight excluding hydrogens is 316 g/mol. The molecule has 0 aliphatic heterocycles. The predicted molar refractivity (Wildman–Crippen MR) is 88.7 cm³/mol. The minimum atomic E-state index is -0.507. The van der Waals surface area contributed by atoms with E-state index in [1.807, 2.05) is 20.8 Å². The Balaban J connectivity index is 2.03. The monoisotopic (exact) mass is 336 g/mol. The number of aromatic nitrogens is 3. The van der Waals surface area contributed by atoms with Crippen molar-refractivity contribution in [3.8, 4) is 0 Å². The number of carbonyl (C=O) groups is 1. The molecule has 1 amide bonds. The third-order valence-corrected chi connectivity index (χ3v) is 4.67. The fraction of sp³-hybridized carbons (Fsp3) is 0.467. The van der Waals surface area contributed by atoms with Crippen molar-refractivity contribution in [2.75, 3.05) is 7.05 Å². The van der Waals surface area contributed by atoms with Crippen LogP contribution in [-0.4, -0.2) is 32.4 Å². The molecule has 1 unspecified atom stereocenters. The summed E-state index contributed by atoms with van der Waals surface area (Å²) in [5, 5.41) is 0.977. The Bertz CT molecular complexity index is 821. The molecule has 2 aromatic heterocycles. The molecule has 0 aromatic carbocycles. The summed E-state index contributed by atoms with van der Waals surface area (Å²) >= 11 is 1.61. The number of H-pyrrole nitrogens is 1. The molecule has 1 atom stereocenters. The summed E-state index contributed by atoms with van der Waals surface area (Å²) in [5.74, 6) is -0.0827. The topological polar surface area (TPSA) is 88.1 Å². The molecule has 8 heteroatoms. The van der Waals surface area contributed by atoms with Crippen molar-refractivity contribution in [3.05, 3.63) is 48.7 Å². The molecule has 1 N–H and O–H groups in total. The maximum Gasteiger partial charge on any atom is 0.328 e. The summed E-state index contributed by atoms with van der Waals surface area (Å²) in [6, 6.07) is 1.14. The van der Waals surface area contributed by atoms with E-state index in [-0.39, 0.29) is 24.9 Å². The lowest BCUT2D eigenvalue weighted by atomic mass is 10.2. The molecule has 2 rings (SSSR count). The van der Waals surface area contributed by atoms with E-state index in [0.717, 1.165) is 15.6 Å². The van der Waals surface area contributed by atoms with Crippen LogP contribution in [0.3, 0.4) is 0 Å². The molecule has 23 heavy (non-hydrogen) atoms. The molecule has 2 aromatic rings. The third kappa shape index (κ3) is 3.95. The summed E-state index contributed by atoms with van der Waals surface area (Å²) in [4.78, 5) is 44.4. The average molecular weight is 336 g/mol. The predicted octanol–water partition coefficient (Wildman–Crippen LogP) is 1.22. The van der Waals surface area contributed by atoms with Gasteiger partial charge in [-0.2, -0.15) is 0 Å². The van der Waals surface area contributed by atoms with Gasteiger partial charge in [0.25, 0.3) is 5.56 Å². The smallest absolute Gasteiger partial charge is 0.328 e. The van der Waals surface area contributed by atoms with Gasteiger partial charge in [-0.15, -0.1) is 11.3 Å². The number of rotatable bonds is 5. The second-order valence-corrected chi connectivity index (χ2v) is 6.82. The van der Waals surface area contributed by atoms with Crippen molar-refractivity contribution in [3.63, 3.8) is 0 Å². The fourth-order valence-electron chi connectivity index (χ4n) is 2.34.